The Balaban J connectivity index is 1.70. The largest absolute Gasteiger partial charge is 0.338 e. The molecule has 3 rings (SSSR count). The summed E-state index contributed by atoms with van der Waals surface area (Å²) in [6.07, 6.45) is 0.434. The van der Waals surface area contributed by atoms with Crippen molar-refractivity contribution in [3.05, 3.63) is 65.2 Å². The predicted octanol–water partition coefficient (Wildman–Crippen LogP) is 2.07. The Hall–Kier alpha value is -3.18. The lowest BCUT2D eigenvalue weighted by molar-refractivity contribution is 0.0747. The molecule has 1 aliphatic heterocycles. The standard InChI is InChI=1S/C20H19N3O4S/c1-23(17-10-11-28(26,27)13-17)20(25)15-8-6-14(7-9-15)19(24)22-18-5-3-2-4-16(18)12-21/h2-9,17H,10-11,13H2,1H3,(H,22,24). The molecule has 0 spiro atoms. The van der Waals surface area contributed by atoms with Crippen LogP contribution in [0.15, 0.2) is 48.5 Å². The Morgan fingerprint density at radius 2 is 1.75 bits per heavy atom. The van der Waals surface area contributed by atoms with Crippen molar-refractivity contribution in [3.8, 4) is 6.07 Å². The highest BCUT2D eigenvalue weighted by Crippen LogP contribution is 2.19. The lowest BCUT2D eigenvalue weighted by Gasteiger charge is -2.23. The van der Waals surface area contributed by atoms with Gasteiger partial charge >= 0.3 is 0 Å². The molecule has 8 heteroatoms. The smallest absolute Gasteiger partial charge is 0.255 e. The first-order chi connectivity index (χ1) is 13.3. The van der Waals surface area contributed by atoms with Crippen LogP contribution >= 0.6 is 0 Å². The summed E-state index contributed by atoms with van der Waals surface area (Å²) in [4.78, 5) is 26.4. The number of hydrogen-bond donors (Lipinski definition) is 1. The Bertz CT molecular complexity index is 1060. The molecule has 1 fully saturated rings. The van der Waals surface area contributed by atoms with E-state index in [2.05, 4.69) is 5.32 Å². The first-order valence-electron chi connectivity index (χ1n) is 8.69. The van der Waals surface area contributed by atoms with Crippen LogP contribution in [-0.4, -0.2) is 49.7 Å². The topological polar surface area (TPSA) is 107 Å². The van der Waals surface area contributed by atoms with Gasteiger partial charge in [-0.1, -0.05) is 12.1 Å². The highest BCUT2D eigenvalue weighted by molar-refractivity contribution is 7.91. The third-order valence-electron chi connectivity index (χ3n) is 4.77. The number of nitrogens with one attached hydrogen (secondary N) is 1. The van der Waals surface area contributed by atoms with Crippen LogP contribution in [0.25, 0.3) is 0 Å². The zero-order valence-corrected chi connectivity index (χ0v) is 16.1. The van der Waals surface area contributed by atoms with Gasteiger partial charge < -0.3 is 10.2 Å². The number of anilines is 1. The first-order valence-corrected chi connectivity index (χ1v) is 10.5. The van der Waals surface area contributed by atoms with Crippen LogP contribution in [0, 0.1) is 11.3 Å². The zero-order chi connectivity index (χ0) is 20.3. The molecule has 0 aromatic heterocycles. The molecule has 1 unspecified atom stereocenters. The summed E-state index contributed by atoms with van der Waals surface area (Å²) in [5.74, 6) is -0.604. The number of carbonyl (C=O) groups is 2. The minimum absolute atomic E-state index is 0.0198. The first kappa shape index (κ1) is 19.6. The average molecular weight is 397 g/mol. The third kappa shape index (κ3) is 4.21. The van der Waals surface area contributed by atoms with Crippen molar-refractivity contribution in [3.63, 3.8) is 0 Å². The van der Waals surface area contributed by atoms with Crippen molar-refractivity contribution in [2.24, 2.45) is 0 Å². The van der Waals surface area contributed by atoms with E-state index in [9.17, 15) is 18.0 Å². The van der Waals surface area contributed by atoms with Crippen LogP contribution in [0.2, 0.25) is 0 Å². The number of hydrogen-bond acceptors (Lipinski definition) is 5. The molecule has 0 aliphatic carbocycles. The maximum absolute atomic E-state index is 12.6. The lowest BCUT2D eigenvalue weighted by atomic mass is 10.1. The molecular weight excluding hydrogens is 378 g/mol. The van der Waals surface area contributed by atoms with Crippen molar-refractivity contribution >= 4 is 27.3 Å². The second kappa shape index (κ2) is 7.82. The second-order valence-corrected chi connectivity index (χ2v) is 8.89. The number of nitrogens with zero attached hydrogens (tertiary/aromatic N) is 2. The minimum atomic E-state index is -3.08. The average Bonchev–Trinajstić information content (AvgIpc) is 3.07. The monoisotopic (exact) mass is 397 g/mol. The molecule has 2 amide bonds. The summed E-state index contributed by atoms with van der Waals surface area (Å²) in [7, 11) is -1.49. The maximum atomic E-state index is 12.6. The number of amides is 2. The zero-order valence-electron chi connectivity index (χ0n) is 15.3. The number of carbonyl (C=O) groups excluding carboxylic acids is 2. The van der Waals surface area contributed by atoms with Gasteiger partial charge in [0.1, 0.15) is 6.07 Å². The van der Waals surface area contributed by atoms with E-state index in [1.807, 2.05) is 6.07 Å². The van der Waals surface area contributed by atoms with Gasteiger partial charge in [-0.25, -0.2) is 8.42 Å². The minimum Gasteiger partial charge on any atom is -0.338 e. The van der Waals surface area contributed by atoms with E-state index >= 15 is 0 Å². The highest BCUT2D eigenvalue weighted by atomic mass is 32.2. The Kier molecular flexibility index (Phi) is 5.47. The van der Waals surface area contributed by atoms with Crippen molar-refractivity contribution in [2.45, 2.75) is 12.5 Å². The molecule has 2 aromatic rings. The molecule has 1 N–H and O–H groups in total. The van der Waals surface area contributed by atoms with E-state index in [1.165, 1.54) is 29.2 Å². The van der Waals surface area contributed by atoms with Gasteiger partial charge in [-0.05, 0) is 42.8 Å². The number of para-hydroxylation sites is 1. The normalized spacial score (nSPS) is 17.5. The highest BCUT2D eigenvalue weighted by Gasteiger charge is 2.33. The van der Waals surface area contributed by atoms with Gasteiger partial charge in [0, 0.05) is 24.2 Å². The molecule has 1 saturated heterocycles. The van der Waals surface area contributed by atoms with Crippen molar-refractivity contribution < 1.29 is 18.0 Å². The fourth-order valence-corrected chi connectivity index (χ4v) is 4.87. The van der Waals surface area contributed by atoms with E-state index in [0.717, 1.165) is 0 Å². The predicted molar refractivity (Wildman–Crippen MR) is 105 cm³/mol. The Morgan fingerprint density at radius 3 is 2.36 bits per heavy atom. The summed E-state index contributed by atoms with van der Waals surface area (Å²) in [6.45, 7) is 0. The van der Waals surface area contributed by atoms with E-state index in [0.29, 0.717) is 28.8 Å². The van der Waals surface area contributed by atoms with Crippen LogP contribution in [-0.2, 0) is 9.84 Å². The lowest BCUT2D eigenvalue weighted by Crippen LogP contribution is -2.37. The number of nitriles is 1. The van der Waals surface area contributed by atoms with E-state index in [4.69, 9.17) is 5.26 Å². The molecule has 0 radical (unpaired) electrons. The molecule has 0 saturated carbocycles. The summed E-state index contributed by atoms with van der Waals surface area (Å²) in [5.41, 5.74) is 1.49. The van der Waals surface area contributed by atoms with E-state index < -0.39 is 15.7 Å². The Morgan fingerprint density at radius 1 is 1.11 bits per heavy atom. The van der Waals surface area contributed by atoms with Crippen molar-refractivity contribution in [2.75, 3.05) is 23.9 Å². The molecule has 1 atom stereocenters. The SMILES string of the molecule is CN(C(=O)c1ccc(C(=O)Nc2ccccc2C#N)cc1)C1CCS(=O)(=O)C1. The molecule has 28 heavy (non-hydrogen) atoms. The van der Waals surface area contributed by atoms with Crippen LogP contribution in [0.1, 0.15) is 32.7 Å². The molecule has 144 valence electrons. The fraction of sp³-hybridized carbons (Fsp3) is 0.250. The Labute approximate surface area is 163 Å². The van der Waals surface area contributed by atoms with Gasteiger partial charge in [-0.15, -0.1) is 0 Å². The van der Waals surface area contributed by atoms with Crippen molar-refractivity contribution in [1.82, 2.24) is 4.90 Å². The van der Waals surface area contributed by atoms with Gasteiger partial charge in [0.25, 0.3) is 11.8 Å². The van der Waals surface area contributed by atoms with Crippen LogP contribution in [0.4, 0.5) is 5.69 Å². The summed E-state index contributed by atoms with van der Waals surface area (Å²) >= 11 is 0. The van der Waals surface area contributed by atoms with Gasteiger partial charge in [-0.3, -0.25) is 9.59 Å². The molecular formula is C20H19N3O4S. The molecule has 1 aliphatic rings. The third-order valence-corrected chi connectivity index (χ3v) is 6.52. The quantitative estimate of drug-likeness (QED) is 0.850. The molecule has 0 bridgehead atoms. The molecule has 7 nitrogen and oxygen atoms in total. The number of sulfone groups is 1. The maximum Gasteiger partial charge on any atom is 0.255 e. The van der Waals surface area contributed by atoms with Crippen LogP contribution in [0.5, 0.6) is 0 Å². The fourth-order valence-electron chi connectivity index (χ4n) is 3.10. The van der Waals surface area contributed by atoms with Crippen molar-refractivity contribution in [1.29, 1.82) is 5.26 Å². The van der Waals surface area contributed by atoms with Gasteiger partial charge in [0.2, 0.25) is 0 Å². The van der Waals surface area contributed by atoms with Gasteiger partial charge in [-0.2, -0.15) is 5.26 Å². The summed E-state index contributed by atoms with van der Waals surface area (Å²) in [6, 6.07) is 14.5. The molecule has 1 heterocycles. The van der Waals surface area contributed by atoms with E-state index in [-0.39, 0.29) is 23.5 Å². The summed E-state index contributed by atoms with van der Waals surface area (Å²) < 4.78 is 23.2. The van der Waals surface area contributed by atoms with Gasteiger partial charge in [0.05, 0.1) is 22.8 Å². The summed E-state index contributed by atoms with van der Waals surface area (Å²) in [5, 5.41) is 11.8. The number of rotatable bonds is 4. The van der Waals surface area contributed by atoms with Crippen LogP contribution in [0.3, 0.4) is 0 Å². The van der Waals surface area contributed by atoms with E-state index in [1.54, 1.807) is 31.3 Å². The number of benzene rings is 2. The van der Waals surface area contributed by atoms with Crippen LogP contribution < -0.4 is 5.32 Å². The van der Waals surface area contributed by atoms with Gasteiger partial charge in [0.15, 0.2) is 9.84 Å². The second-order valence-electron chi connectivity index (χ2n) is 6.66. The molecule has 2 aromatic carbocycles.